The molecule has 0 bridgehead atoms. The summed E-state index contributed by atoms with van der Waals surface area (Å²) < 4.78 is 0. The molecule has 0 heterocycles. The Hall–Kier alpha value is -1.04. The molecule has 13 heavy (non-hydrogen) atoms. The summed E-state index contributed by atoms with van der Waals surface area (Å²) in [5.74, 6) is 0. The summed E-state index contributed by atoms with van der Waals surface area (Å²) in [5, 5.41) is 9.26. The highest BCUT2D eigenvalue weighted by atomic mass is 35.5. The van der Waals surface area contributed by atoms with E-state index in [1.807, 2.05) is 13.0 Å². The molecule has 2 N–H and O–H groups in total. The predicted molar refractivity (Wildman–Crippen MR) is 53.4 cm³/mol. The van der Waals surface area contributed by atoms with E-state index in [1.165, 1.54) is 0 Å². The molecule has 0 aliphatic heterocycles. The Balaban J connectivity index is 3.10. The van der Waals surface area contributed by atoms with Gasteiger partial charge in [-0.05, 0) is 30.2 Å². The van der Waals surface area contributed by atoms with E-state index in [1.54, 1.807) is 18.2 Å². The minimum atomic E-state index is -0.0363. The van der Waals surface area contributed by atoms with Crippen LogP contribution in [-0.4, -0.2) is 0 Å². The summed E-state index contributed by atoms with van der Waals surface area (Å²) in [6.45, 7) is 2.00. The zero-order valence-corrected chi connectivity index (χ0v) is 8.17. The third-order valence-electron chi connectivity index (χ3n) is 1.92. The molecule has 0 saturated carbocycles. The normalized spacial score (nSPS) is 12.2. The zero-order valence-electron chi connectivity index (χ0n) is 7.42. The summed E-state index contributed by atoms with van der Waals surface area (Å²) in [7, 11) is 0. The van der Waals surface area contributed by atoms with Crippen molar-refractivity contribution in [1.29, 1.82) is 5.26 Å². The second-order valence-corrected chi connectivity index (χ2v) is 3.34. The van der Waals surface area contributed by atoms with Crippen molar-refractivity contribution in [3.05, 3.63) is 34.3 Å². The van der Waals surface area contributed by atoms with E-state index in [0.29, 0.717) is 10.6 Å². The van der Waals surface area contributed by atoms with E-state index in [2.05, 4.69) is 0 Å². The molecule has 0 fully saturated rings. The van der Waals surface area contributed by atoms with Crippen molar-refractivity contribution in [2.75, 3.05) is 0 Å². The minimum absolute atomic E-state index is 0.0363. The average Bonchev–Trinajstić information content (AvgIpc) is 2.15. The Bertz CT molecular complexity index is 341. The standard InChI is InChI=1S/C10H11ClN2/c1-2-10(13)8-3-7(6-12)4-9(11)5-8/h3-5,10H,2,13H2,1H3. The van der Waals surface area contributed by atoms with Gasteiger partial charge in [-0.15, -0.1) is 0 Å². The fourth-order valence-electron chi connectivity index (χ4n) is 1.13. The monoisotopic (exact) mass is 194 g/mol. The van der Waals surface area contributed by atoms with Gasteiger partial charge in [-0.1, -0.05) is 18.5 Å². The van der Waals surface area contributed by atoms with Crippen LogP contribution in [0.25, 0.3) is 0 Å². The van der Waals surface area contributed by atoms with E-state index in [-0.39, 0.29) is 6.04 Å². The number of hydrogen-bond donors (Lipinski definition) is 1. The van der Waals surface area contributed by atoms with Crippen LogP contribution in [0.4, 0.5) is 0 Å². The first-order valence-corrected chi connectivity index (χ1v) is 4.51. The average molecular weight is 195 g/mol. The van der Waals surface area contributed by atoms with Crippen LogP contribution in [0.2, 0.25) is 5.02 Å². The van der Waals surface area contributed by atoms with E-state index in [0.717, 1.165) is 12.0 Å². The molecule has 0 aliphatic carbocycles. The lowest BCUT2D eigenvalue weighted by molar-refractivity contribution is 0.698. The van der Waals surface area contributed by atoms with Crippen molar-refractivity contribution < 1.29 is 0 Å². The van der Waals surface area contributed by atoms with Crippen LogP contribution in [0.5, 0.6) is 0 Å². The number of nitrogens with two attached hydrogens (primary N) is 1. The van der Waals surface area contributed by atoms with Gasteiger partial charge in [0, 0.05) is 11.1 Å². The van der Waals surface area contributed by atoms with Crippen molar-refractivity contribution in [3.8, 4) is 6.07 Å². The molecule has 0 spiro atoms. The van der Waals surface area contributed by atoms with Crippen molar-refractivity contribution in [2.24, 2.45) is 5.73 Å². The summed E-state index contributed by atoms with van der Waals surface area (Å²) in [4.78, 5) is 0. The molecular weight excluding hydrogens is 184 g/mol. The highest BCUT2D eigenvalue weighted by Crippen LogP contribution is 2.20. The van der Waals surface area contributed by atoms with Crippen molar-refractivity contribution in [2.45, 2.75) is 19.4 Å². The Morgan fingerprint density at radius 3 is 2.77 bits per heavy atom. The van der Waals surface area contributed by atoms with Gasteiger partial charge in [-0.3, -0.25) is 0 Å². The molecule has 0 saturated heterocycles. The lowest BCUT2D eigenvalue weighted by Crippen LogP contribution is -2.08. The minimum Gasteiger partial charge on any atom is -0.324 e. The summed E-state index contributed by atoms with van der Waals surface area (Å²) >= 11 is 5.82. The molecule has 1 atom stereocenters. The van der Waals surface area contributed by atoms with E-state index in [9.17, 15) is 0 Å². The summed E-state index contributed by atoms with van der Waals surface area (Å²) in [5.41, 5.74) is 7.30. The fraction of sp³-hybridized carbons (Fsp3) is 0.300. The van der Waals surface area contributed by atoms with Gasteiger partial charge < -0.3 is 5.73 Å². The van der Waals surface area contributed by atoms with Crippen LogP contribution in [0.3, 0.4) is 0 Å². The third-order valence-corrected chi connectivity index (χ3v) is 2.14. The third kappa shape index (κ3) is 2.45. The number of hydrogen-bond acceptors (Lipinski definition) is 2. The van der Waals surface area contributed by atoms with Gasteiger partial charge >= 0.3 is 0 Å². The maximum absolute atomic E-state index is 8.69. The highest BCUT2D eigenvalue weighted by Gasteiger charge is 2.05. The Kier molecular flexibility index (Phi) is 3.30. The number of nitrogens with zero attached hydrogens (tertiary/aromatic N) is 1. The first-order chi connectivity index (χ1) is 6.17. The highest BCUT2D eigenvalue weighted by molar-refractivity contribution is 6.30. The maximum atomic E-state index is 8.69. The number of benzene rings is 1. The second-order valence-electron chi connectivity index (χ2n) is 2.90. The first kappa shape index (κ1) is 10.0. The largest absolute Gasteiger partial charge is 0.324 e. The smallest absolute Gasteiger partial charge is 0.0992 e. The Labute approximate surface area is 82.9 Å². The second kappa shape index (κ2) is 4.27. The quantitative estimate of drug-likeness (QED) is 0.787. The Morgan fingerprint density at radius 1 is 1.54 bits per heavy atom. The molecule has 1 unspecified atom stereocenters. The van der Waals surface area contributed by atoms with Crippen LogP contribution in [-0.2, 0) is 0 Å². The molecule has 3 heteroatoms. The van der Waals surface area contributed by atoms with E-state index in [4.69, 9.17) is 22.6 Å². The van der Waals surface area contributed by atoms with E-state index < -0.39 is 0 Å². The number of rotatable bonds is 2. The molecule has 2 nitrogen and oxygen atoms in total. The first-order valence-electron chi connectivity index (χ1n) is 4.13. The Morgan fingerprint density at radius 2 is 2.23 bits per heavy atom. The van der Waals surface area contributed by atoms with E-state index >= 15 is 0 Å². The van der Waals surface area contributed by atoms with Crippen LogP contribution in [0.15, 0.2) is 18.2 Å². The van der Waals surface area contributed by atoms with Crippen molar-refractivity contribution in [3.63, 3.8) is 0 Å². The maximum Gasteiger partial charge on any atom is 0.0992 e. The van der Waals surface area contributed by atoms with Crippen LogP contribution in [0.1, 0.15) is 30.5 Å². The van der Waals surface area contributed by atoms with Crippen molar-refractivity contribution in [1.82, 2.24) is 0 Å². The van der Waals surface area contributed by atoms with Gasteiger partial charge in [0.05, 0.1) is 11.6 Å². The molecule has 0 aliphatic rings. The molecule has 0 amide bonds. The van der Waals surface area contributed by atoms with Crippen LogP contribution < -0.4 is 5.73 Å². The SMILES string of the molecule is CCC(N)c1cc(Cl)cc(C#N)c1. The molecule has 1 rings (SSSR count). The fourth-order valence-corrected chi connectivity index (χ4v) is 1.37. The summed E-state index contributed by atoms with van der Waals surface area (Å²) in [6, 6.07) is 7.22. The number of nitriles is 1. The molecule has 1 aromatic rings. The van der Waals surface area contributed by atoms with Gasteiger partial charge in [-0.2, -0.15) is 5.26 Å². The van der Waals surface area contributed by atoms with Crippen molar-refractivity contribution >= 4 is 11.6 Å². The lowest BCUT2D eigenvalue weighted by Gasteiger charge is -2.09. The molecule has 68 valence electrons. The molecule has 0 radical (unpaired) electrons. The lowest BCUT2D eigenvalue weighted by atomic mass is 10.0. The predicted octanol–water partition coefficient (Wildman–Crippen LogP) is 2.62. The summed E-state index contributed by atoms with van der Waals surface area (Å²) in [6.07, 6.45) is 0.839. The molecule has 1 aromatic carbocycles. The van der Waals surface area contributed by atoms with Gasteiger partial charge in [0.2, 0.25) is 0 Å². The van der Waals surface area contributed by atoms with Crippen LogP contribution >= 0.6 is 11.6 Å². The van der Waals surface area contributed by atoms with Gasteiger partial charge in [0.1, 0.15) is 0 Å². The van der Waals surface area contributed by atoms with Crippen LogP contribution in [0, 0.1) is 11.3 Å². The topological polar surface area (TPSA) is 49.8 Å². The van der Waals surface area contributed by atoms with Gasteiger partial charge in [0.25, 0.3) is 0 Å². The zero-order chi connectivity index (χ0) is 9.84. The molecular formula is C10H11ClN2. The molecule has 0 aromatic heterocycles. The van der Waals surface area contributed by atoms with Gasteiger partial charge in [0.15, 0.2) is 0 Å². The van der Waals surface area contributed by atoms with Gasteiger partial charge in [-0.25, -0.2) is 0 Å². The number of halogens is 1.